The Morgan fingerprint density at radius 2 is 1.93 bits per heavy atom. The summed E-state index contributed by atoms with van der Waals surface area (Å²) in [6, 6.07) is 6.65. The van der Waals surface area contributed by atoms with Crippen molar-refractivity contribution in [3.8, 4) is 5.75 Å². The van der Waals surface area contributed by atoms with E-state index in [1.54, 1.807) is 31.2 Å². The summed E-state index contributed by atoms with van der Waals surface area (Å²) in [6.45, 7) is 1.40. The highest BCUT2D eigenvalue weighted by molar-refractivity contribution is 5.85. The SMILES string of the molecule is COc1cccc(C(C)(CC(=O)O)NC(=O)CNC(=O)NC2CCCCC2)c1. The van der Waals surface area contributed by atoms with Crippen molar-refractivity contribution in [3.63, 3.8) is 0 Å². The minimum Gasteiger partial charge on any atom is -0.497 e. The van der Waals surface area contributed by atoms with Crippen molar-refractivity contribution in [2.75, 3.05) is 13.7 Å². The smallest absolute Gasteiger partial charge is 0.315 e. The molecule has 0 aromatic heterocycles. The van der Waals surface area contributed by atoms with Gasteiger partial charge in [0.2, 0.25) is 5.91 Å². The number of carbonyl (C=O) groups excluding carboxylic acids is 2. The van der Waals surface area contributed by atoms with E-state index in [4.69, 9.17) is 4.74 Å². The van der Waals surface area contributed by atoms with Crippen LogP contribution in [0, 0.1) is 0 Å². The lowest BCUT2D eigenvalue weighted by molar-refractivity contribution is -0.139. The second-order valence-corrected chi connectivity index (χ2v) is 7.34. The number of amides is 3. The molecular formula is C20H29N3O5. The highest BCUT2D eigenvalue weighted by atomic mass is 16.5. The number of hydrogen-bond acceptors (Lipinski definition) is 4. The van der Waals surface area contributed by atoms with E-state index in [0.29, 0.717) is 11.3 Å². The van der Waals surface area contributed by atoms with Crippen LogP contribution in [0.2, 0.25) is 0 Å². The van der Waals surface area contributed by atoms with Crippen molar-refractivity contribution in [2.45, 2.75) is 57.0 Å². The van der Waals surface area contributed by atoms with Gasteiger partial charge < -0.3 is 25.8 Å². The zero-order chi connectivity index (χ0) is 20.6. The Labute approximate surface area is 165 Å². The number of hydrogen-bond donors (Lipinski definition) is 4. The van der Waals surface area contributed by atoms with Crippen LogP contribution in [0.5, 0.6) is 5.75 Å². The van der Waals surface area contributed by atoms with Crippen LogP contribution >= 0.6 is 0 Å². The molecular weight excluding hydrogens is 362 g/mol. The van der Waals surface area contributed by atoms with Gasteiger partial charge in [0.1, 0.15) is 5.75 Å². The molecule has 0 heterocycles. The first-order valence-electron chi connectivity index (χ1n) is 9.54. The summed E-state index contributed by atoms with van der Waals surface area (Å²) in [5, 5.41) is 17.4. The van der Waals surface area contributed by atoms with Gasteiger partial charge in [0, 0.05) is 6.04 Å². The van der Waals surface area contributed by atoms with Crippen LogP contribution in [0.25, 0.3) is 0 Å². The lowest BCUT2D eigenvalue weighted by Crippen LogP contribution is -2.51. The summed E-state index contributed by atoms with van der Waals surface area (Å²) in [7, 11) is 1.51. The molecule has 8 nitrogen and oxygen atoms in total. The van der Waals surface area contributed by atoms with Crippen molar-refractivity contribution < 1.29 is 24.2 Å². The molecule has 1 aromatic carbocycles. The molecule has 1 saturated carbocycles. The first-order chi connectivity index (χ1) is 13.3. The second kappa shape index (κ2) is 9.96. The Hall–Kier alpha value is -2.77. The Balaban J connectivity index is 1.96. The predicted molar refractivity (Wildman–Crippen MR) is 104 cm³/mol. The molecule has 1 fully saturated rings. The van der Waals surface area contributed by atoms with Gasteiger partial charge >= 0.3 is 12.0 Å². The Morgan fingerprint density at radius 3 is 2.57 bits per heavy atom. The van der Waals surface area contributed by atoms with Crippen LogP contribution in [-0.4, -0.2) is 42.7 Å². The van der Waals surface area contributed by atoms with Gasteiger partial charge in [-0.1, -0.05) is 31.4 Å². The summed E-state index contributed by atoms with van der Waals surface area (Å²) >= 11 is 0. The third kappa shape index (κ3) is 6.44. The third-order valence-electron chi connectivity index (χ3n) is 4.98. The van der Waals surface area contributed by atoms with E-state index in [9.17, 15) is 19.5 Å². The molecule has 0 radical (unpaired) electrons. The standard InChI is InChI=1S/C20H29N3O5/c1-20(12-18(25)26,14-7-6-10-16(11-14)28-2)23-17(24)13-21-19(27)22-15-8-4-3-5-9-15/h6-7,10-11,15H,3-5,8-9,12-13H2,1-2H3,(H,23,24)(H,25,26)(H2,21,22,27). The summed E-state index contributed by atoms with van der Waals surface area (Å²) in [5.74, 6) is -0.952. The van der Waals surface area contributed by atoms with Crippen LogP contribution < -0.4 is 20.7 Å². The van der Waals surface area contributed by atoms with E-state index in [2.05, 4.69) is 16.0 Å². The number of ether oxygens (including phenoxy) is 1. The minimum absolute atomic E-state index is 0.144. The van der Waals surface area contributed by atoms with Gasteiger partial charge in [-0.25, -0.2) is 4.79 Å². The van der Waals surface area contributed by atoms with Gasteiger partial charge in [0.05, 0.1) is 25.6 Å². The number of benzene rings is 1. The molecule has 1 aliphatic carbocycles. The Kier molecular flexibility index (Phi) is 7.66. The molecule has 2 rings (SSSR count). The number of urea groups is 1. The number of carbonyl (C=O) groups is 3. The lowest BCUT2D eigenvalue weighted by atomic mass is 9.88. The van der Waals surface area contributed by atoms with E-state index in [0.717, 1.165) is 25.7 Å². The molecule has 8 heteroatoms. The summed E-state index contributed by atoms with van der Waals surface area (Å²) in [4.78, 5) is 35.7. The first kappa shape index (κ1) is 21.5. The monoisotopic (exact) mass is 391 g/mol. The van der Waals surface area contributed by atoms with E-state index in [1.165, 1.54) is 13.5 Å². The molecule has 28 heavy (non-hydrogen) atoms. The second-order valence-electron chi connectivity index (χ2n) is 7.34. The Morgan fingerprint density at radius 1 is 1.21 bits per heavy atom. The average molecular weight is 391 g/mol. The molecule has 0 bridgehead atoms. The third-order valence-corrected chi connectivity index (χ3v) is 4.98. The normalized spacial score (nSPS) is 16.5. The maximum absolute atomic E-state index is 12.4. The molecule has 0 spiro atoms. The molecule has 1 atom stereocenters. The van der Waals surface area contributed by atoms with Gasteiger partial charge in [0.15, 0.2) is 0 Å². The van der Waals surface area contributed by atoms with E-state index < -0.39 is 17.4 Å². The maximum atomic E-state index is 12.4. The zero-order valence-electron chi connectivity index (χ0n) is 16.4. The summed E-state index contributed by atoms with van der Waals surface area (Å²) < 4.78 is 5.19. The fourth-order valence-corrected chi connectivity index (χ4v) is 3.48. The number of carboxylic acid groups (broad SMARTS) is 1. The van der Waals surface area contributed by atoms with Crippen molar-refractivity contribution in [1.82, 2.24) is 16.0 Å². The molecule has 3 amide bonds. The molecule has 1 aromatic rings. The fourth-order valence-electron chi connectivity index (χ4n) is 3.48. The summed E-state index contributed by atoms with van der Waals surface area (Å²) in [6.07, 6.45) is 4.98. The van der Waals surface area contributed by atoms with E-state index >= 15 is 0 Å². The minimum atomic E-state index is -1.14. The van der Waals surface area contributed by atoms with Crippen LogP contribution in [-0.2, 0) is 15.1 Å². The molecule has 154 valence electrons. The first-order valence-corrected chi connectivity index (χ1v) is 9.54. The average Bonchev–Trinajstić information content (AvgIpc) is 2.66. The highest BCUT2D eigenvalue weighted by Gasteiger charge is 2.32. The van der Waals surface area contributed by atoms with Crippen LogP contribution in [0.4, 0.5) is 4.79 Å². The zero-order valence-corrected chi connectivity index (χ0v) is 16.4. The summed E-state index contributed by atoms with van der Waals surface area (Å²) in [5.41, 5.74) is -0.534. The number of carboxylic acids is 1. The fraction of sp³-hybridized carbons (Fsp3) is 0.550. The molecule has 1 aliphatic rings. The van der Waals surface area contributed by atoms with E-state index in [-0.39, 0.29) is 25.0 Å². The van der Waals surface area contributed by atoms with Crippen LogP contribution in [0.15, 0.2) is 24.3 Å². The molecule has 0 aliphatic heterocycles. The van der Waals surface area contributed by atoms with Crippen LogP contribution in [0.1, 0.15) is 51.0 Å². The van der Waals surface area contributed by atoms with Crippen LogP contribution in [0.3, 0.4) is 0 Å². The number of nitrogens with one attached hydrogen (secondary N) is 3. The van der Waals surface area contributed by atoms with Gasteiger partial charge in [0.25, 0.3) is 0 Å². The number of rotatable bonds is 8. The lowest BCUT2D eigenvalue weighted by Gasteiger charge is -2.30. The molecule has 0 saturated heterocycles. The van der Waals surface area contributed by atoms with Gasteiger partial charge in [-0.3, -0.25) is 9.59 Å². The van der Waals surface area contributed by atoms with Gasteiger partial charge in [-0.15, -0.1) is 0 Å². The molecule has 1 unspecified atom stereocenters. The molecule has 4 N–H and O–H groups in total. The van der Waals surface area contributed by atoms with Crippen molar-refractivity contribution >= 4 is 17.9 Å². The van der Waals surface area contributed by atoms with Crippen molar-refractivity contribution in [2.24, 2.45) is 0 Å². The van der Waals surface area contributed by atoms with Crippen molar-refractivity contribution in [1.29, 1.82) is 0 Å². The van der Waals surface area contributed by atoms with Gasteiger partial charge in [-0.2, -0.15) is 0 Å². The quantitative estimate of drug-likeness (QED) is 0.542. The van der Waals surface area contributed by atoms with E-state index in [1.807, 2.05) is 0 Å². The maximum Gasteiger partial charge on any atom is 0.315 e. The largest absolute Gasteiger partial charge is 0.497 e. The van der Waals surface area contributed by atoms with Crippen molar-refractivity contribution in [3.05, 3.63) is 29.8 Å². The predicted octanol–water partition coefficient (Wildman–Crippen LogP) is 2.13. The topological polar surface area (TPSA) is 117 Å². The Bertz CT molecular complexity index is 703. The number of methoxy groups -OCH3 is 1. The highest BCUT2D eigenvalue weighted by Crippen LogP contribution is 2.27. The number of aliphatic carboxylic acids is 1. The van der Waals surface area contributed by atoms with Gasteiger partial charge in [-0.05, 0) is 37.5 Å².